The van der Waals surface area contributed by atoms with Crippen LogP contribution >= 0.6 is 12.2 Å². The van der Waals surface area contributed by atoms with Crippen molar-refractivity contribution < 1.29 is 14.2 Å². The van der Waals surface area contributed by atoms with Crippen LogP contribution in [0, 0.1) is 13.8 Å². The molecule has 0 saturated carbocycles. The third kappa shape index (κ3) is 4.61. The maximum absolute atomic E-state index is 6.00. The normalized spacial score (nSPS) is 10.2. The highest BCUT2D eigenvalue weighted by Gasteiger charge is 2.14. The monoisotopic (exact) mass is 345 g/mol. The lowest BCUT2D eigenvalue weighted by atomic mass is 10.1. The molecule has 0 aliphatic heterocycles. The number of aryl methyl sites for hydroxylation is 2. The number of hydrogen-bond donors (Lipinski definition) is 1. The summed E-state index contributed by atoms with van der Waals surface area (Å²) < 4.78 is 17.4. The van der Waals surface area contributed by atoms with E-state index >= 15 is 0 Å². The van der Waals surface area contributed by atoms with Crippen molar-refractivity contribution in [2.45, 2.75) is 27.4 Å². The van der Waals surface area contributed by atoms with Gasteiger partial charge in [-0.05, 0) is 56.8 Å². The van der Waals surface area contributed by atoms with Crippen molar-refractivity contribution in [2.75, 3.05) is 13.7 Å². The lowest BCUT2D eigenvalue weighted by molar-refractivity contribution is 0.280. The molecule has 0 unspecified atom stereocenters. The van der Waals surface area contributed by atoms with E-state index < -0.39 is 0 Å². The first-order valence-electron chi connectivity index (χ1n) is 7.89. The van der Waals surface area contributed by atoms with E-state index in [0.29, 0.717) is 24.1 Å². The van der Waals surface area contributed by atoms with Crippen LogP contribution in [-0.2, 0) is 6.61 Å². The van der Waals surface area contributed by atoms with Crippen molar-refractivity contribution in [1.29, 1.82) is 0 Å². The molecule has 0 bridgehead atoms. The summed E-state index contributed by atoms with van der Waals surface area (Å²) in [5.41, 5.74) is 3.13. The first-order valence-corrected chi connectivity index (χ1v) is 8.30. The summed E-state index contributed by atoms with van der Waals surface area (Å²) in [6.07, 6.45) is 0. The molecule has 0 radical (unpaired) electrons. The summed E-state index contributed by atoms with van der Waals surface area (Å²) >= 11 is 5.10. The Morgan fingerprint density at radius 3 is 2.46 bits per heavy atom. The molecule has 0 spiro atoms. The topological polar surface area (TPSA) is 39.7 Å². The van der Waals surface area contributed by atoms with Gasteiger partial charge in [-0.25, -0.2) is 0 Å². The Balaban J connectivity index is 2.26. The van der Waals surface area contributed by atoms with Gasteiger partial charge in [0.15, 0.2) is 0 Å². The fraction of sp³-hybridized carbons (Fsp3) is 0.316. The van der Waals surface area contributed by atoms with E-state index in [9.17, 15) is 0 Å². The first kappa shape index (κ1) is 18.1. The van der Waals surface area contributed by atoms with Gasteiger partial charge in [0.1, 0.15) is 23.9 Å². The standard InChI is InChI=1S/C19H23NO3S/c1-5-21-17-7-6-8-18(23-19(24)20-4)15(17)12-22-16-10-9-13(2)11-14(16)3/h6-11H,5,12H2,1-4H3,(H,20,24). The molecule has 0 heterocycles. The second-order valence-corrected chi connectivity index (χ2v) is 5.73. The molecular formula is C19H23NO3S. The number of ether oxygens (including phenoxy) is 3. The Bertz CT molecular complexity index is 716. The highest BCUT2D eigenvalue weighted by molar-refractivity contribution is 7.80. The molecule has 2 rings (SSSR count). The van der Waals surface area contributed by atoms with E-state index in [1.54, 1.807) is 7.05 Å². The molecule has 0 aromatic heterocycles. The minimum Gasteiger partial charge on any atom is -0.493 e. The minimum atomic E-state index is 0.302. The van der Waals surface area contributed by atoms with Crippen LogP contribution in [0.3, 0.4) is 0 Å². The van der Waals surface area contributed by atoms with Crippen LogP contribution in [0.1, 0.15) is 23.6 Å². The maximum atomic E-state index is 6.00. The summed E-state index contributed by atoms with van der Waals surface area (Å²) in [7, 11) is 1.72. The van der Waals surface area contributed by atoms with E-state index in [1.807, 2.05) is 44.2 Å². The van der Waals surface area contributed by atoms with E-state index in [-0.39, 0.29) is 0 Å². The lowest BCUT2D eigenvalue weighted by Crippen LogP contribution is -2.22. The molecule has 24 heavy (non-hydrogen) atoms. The molecule has 0 amide bonds. The molecule has 128 valence electrons. The number of nitrogens with one attached hydrogen (secondary N) is 1. The van der Waals surface area contributed by atoms with Gasteiger partial charge in [-0.1, -0.05) is 23.8 Å². The zero-order valence-electron chi connectivity index (χ0n) is 14.5. The molecule has 0 aliphatic carbocycles. The Kier molecular flexibility index (Phi) is 6.44. The molecule has 2 aromatic carbocycles. The maximum Gasteiger partial charge on any atom is 0.261 e. The fourth-order valence-corrected chi connectivity index (χ4v) is 2.43. The third-order valence-electron chi connectivity index (χ3n) is 3.50. The molecule has 4 nitrogen and oxygen atoms in total. The summed E-state index contributed by atoms with van der Waals surface area (Å²) in [5.74, 6) is 2.21. The van der Waals surface area contributed by atoms with Crippen LogP contribution in [0.2, 0.25) is 0 Å². The SMILES string of the molecule is CCOc1cccc(OC(=S)NC)c1COc1ccc(C)cc1C. The van der Waals surface area contributed by atoms with Gasteiger partial charge in [0.05, 0.1) is 12.2 Å². The Morgan fingerprint density at radius 1 is 1.04 bits per heavy atom. The van der Waals surface area contributed by atoms with Gasteiger partial charge >= 0.3 is 0 Å². The highest BCUT2D eigenvalue weighted by Crippen LogP contribution is 2.31. The van der Waals surface area contributed by atoms with Gasteiger partial charge in [0.2, 0.25) is 0 Å². The van der Waals surface area contributed by atoms with E-state index in [0.717, 1.165) is 22.6 Å². The van der Waals surface area contributed by atoms with Crippen molar-refractivity contribution in [2.24, 2.45) is 0 Å². The summed E-state index contributed by atoms with van der Waals surface area (Å²) in [6.45, 7) is 6.94. The average molecular weight is 345 g/mol. The molecule has 0 saturated heterocycles. The van der Waals surface area contributed by atoms with Crippen molar-refractivity contribution in [1.82, 2.24) is 5.32 Å². The van der Waals surface area contributed by atoms with Crippen LogP contribution in [0.4, 0.5) is 0 Å². The van der Waals surface area contributed by atoms with Crippen molar-refractivity contribution >= 4 is 17.4 Å². The second-order valence-electron chi connectivity index (χ2n) is 5.36. The first-order chi connectivity index (χ1) is 11.5. The Hall–Kier alpha value is -2.27. The van der Waals surface area contributed by atoms with E-state index in [1.165, 1.54) is 5.56 Å². The number of benzene rings is 2. The van der Waals surface area contributed by atoms with Gasteiger partial charge in [-0.2, -0.15) is 0 Å². The molecule has 0 atom stereocenters. The van der Waals surface area contributed by atoms with E-state index in [4.69, 9.17) is 26.4 Å². The molecule has 1 N–H and O–H groups in total. The predicted molar refractivity (Wildman–Crippen MR) is 100 cm³/mol. The number of thiocarbonyl (C=S) groups is 1. The van der Waals surface area contributed by atoms with Crippen LogP contribution in [0.15, 0.2) is 36.4 Å². The zero-order chi connectivity index (χ0) is 17.5. The number of rotatable bonds is 6. The summed E-state index contributed by atoms with van der Waals surface area (Å²) in [5, 5.41) is 3.11. The zero-order valence-corrected chi connectivity index (χ0v) is 15.3. The molecule has 0 fully saturated rings. The average Bonchev–Trinajstić information content (AvgIpc) is 2.56. The molecule has 5 heteroatoms. The van der Waals surface area contributed by atoms with Gasteiger partial charge in [0, 0.05) is 7.05 Å². The molecule has 2 aromatic rings. The third-order valence-corrected chi connectivity index (χ3v) is 3.79. The fourth-order valence-electron chi connectivity index (χ4n) is 2.34. The predicted octanol–water partition coefficient (Wildman–Crippen LogP) is 4.16. The van der Waals surface area contributed by atoms with Gasteiger partial charge < -0.3 is 19.5 Å². The Morgan fingerprint density at radius 2 is 1.79 bits per heavy atom. The van der Waals surface area contributed by atoms with Gasteiger partial charge in [-0.3, -0.25) is 0 Å². The van der Waals surface area contributed by atoms with Crippen molar-refractivity contribution in [3.63, 3.8) is 0 Å². The van der Waals surface area contributed by atoms with Gasteiger partial charge in [-0.15, -0.1) is 0 Å². The van der Waals surface area contributed by atoms with E-state index in [2.05, 4.69) is 18.3 Å². The smallest absolute Gasteiger partial charge is 0.261 e. The molecular weight excluding hydrogens is 322 g/mol. The lowest BCUT2D eigenvalue weighted by Gasteiger charge is -2.17. The summed E-state index contributed by atoms with van der Waals surface area (Å²) in [6, 6.07) is 11.7. The molecule has 0 aliphatic rings. The van der Waals surface area contributed by atoms with Crippen molar-refractivity contribution in [3.05, 3.63) is 53.1 Å². The van der Waals surface area contributed by atoms with Crippen LogP contribution in [-0.4, -0.2) is 18.8 Å². The largest absolute Gasteiger partial charge is 0.493 e. The highest BCUT2D eigenvalue weighted by atomic mass is 32.1. The number of hydrogen-bond acceptors (Lipinski definition) is 4. The Labute approximate surface area is 148 Å². The van der Waals surface area contributed by atoms with Crippen molar-refractivity contribution in [3.8, 4) is 17.2 Å². The second kappa shape index (κ2) is 8.55. The minimum absolute atomic E-state index is 0.302. The quantitative estimate of drug-likeness (QED) is 0.796. The van der Waals surface area contributed by atoms with Crippen LogP contribution < -0.4 is 19.5 Å². The summed E-state index contributed by atoms with van der Waals surface area (Å²) in [4.78, 5) is 0. The van der Waals surface area contributed by atoms with Gasteiger partial charge in [0.25, 0.3) is 5.17 Å². The van der Waals surface area contributed by atoms with Crippen LogP contribution in [0.5, 0.6) is 17.2 Å². The van der Waals surface area contributed by atoms with Crippen LogP contribution in [0.25, 0.3) is 0 Å².